The molecule has 5 saturated carbocycles. The van der Waals surface area contributed by atoms with E-state index >= 15 is 0 Å². The summed E-state index contributed by atoms with van der Waals surface area (Å²) < 4.78 is 0. The summed E-state index contributed by atoms with van der Waals surface area (Å²) in [6, 6.07) is 0. The lowest BCUT2D eigenvalue weighted by molar-refractivity contribution is -0.241. The summed E-state index contributed by atoms with van der Waals surface area (Å²) in [6.45, 7) is 18.8. The molecule has 5 rings (SSSR count). The van der Waals surface area contributed by atoms with Gasteiger partial charge in [-0.25, -0.2) is 0 Å². The van der Waals surface area contributed by atoms with Gasteiger partial charge in [0.2, 0.25) is 0 Å². The molecule has 0 aromatic rings. The van der Waals surface area contributed by atoms with E-state index in [1.807, 2.05) is 0 Å². The lowest BCUT2D eigenvalue weighted by Crippen LogP contribution is -2.65. The summed E-state index contributed by atoms with van der Waals surface area (Å²) in [5, 5.41) is 0. The molecular formula is C29H50. The highest BCUT2D eigenvalue weighted by Crippen LogP contribution is 2.77. The second-order valence-electron chi connectivity index (χ2n) is 14.3. The van der Waals surface area contributed by atoms with E-state index in [9.17, 15) is 0 Å². The van der Waals surface area contributed by atoms with Gasteiger partial charge < -0.3 is 0 Å². The number of hydrogen-bond acceptors (Lipinski definition) is 0. The third-order valence-electron chi connectivity index (χ3n) is 13.4. The Kier molecular flexibility index (Phi) is 4.52. The van der Waals surface area contributed by atoms with Crippen molar-refractivity contribution in [3.05, 3.63) is 0 Å². The lowest BCUT2D eigenvalue weighted by atomic mass is 9.32. The Morgan fingerprint density at radius 3 is 1.86 bits per heavy atom. The van der Waals surface area contributed by atoms with Gasteiger partial charge in [0, 0.05) is 0 Å². The van der Waals surface area contributed by atoms with Gasteiger partial charge in [-0.2, -0.15) is 0 Å². The molecule has 0 aromatic heterocycles. The molecule has 29 heavy (non-hydrogen) atoms. The van der Waals surface area contributed by atoms with Gasteiger partial charge in [-0.3, -0.25) is 0 Å². The van der Waals surface area contributed by atoms with E-state index in [1.54, 1.807) is 12.8 Å². The number of hydrogen-bond donors (Lipinski definition) is 0. The molecule has 5 aliphatic carbocycles. The molecule has 0 aromatic carbocycles. The van der Waals surface area contributed by atoms with Gasteiger partial charge >= 0.3 is 0 Å². The minimum Gasteiger partial charge on any atom is -0.0651 e. The zero-order chi connectivity index (χ0) is 20.9. The second kappa shape index (κ2) is 6.28. The Morgan fingerprint density at radius 1 is 0.586 bits per heavy atom. The van der Waals surface area contributed by atoms with E-state index in [-0.39, 0.29) is 0 Å². The summed E-state index contributed by atoms with van der Waals surface area (Å²) in [4.78, 5) is 0. The van der Waals surface area contributed by atoms with E-state index in [0.717, 1.165) is 29.6 Å². The van der Waals surface area contributed by atoms with Crippen LogP contribution < -0.4 is 0 Å². The largest absolute Gasteiger partial charge is 0.0651 e. The molecule has 0 bridgehead atoms. The molecule has 5 aliphatic rings. The molecular weight excluding hydrogens is 348 g/mol. The molecule has 0 radical (unpaired) electrons. The van der Waals surface area contributed by atoms with Crippen LogP contribution in [0.25, 0.3) is 0 Å². The van der Waals surface area contributed by atoms with Crippen LogP contribution in [0.4, 0.5) is 0 Å². The minimum atomic E-state index is 0.565. The highest BCUT2D eigenvalue weighted by atomic mass is 14.7. The van der Waals surface area contributed by atoms with Gasteiger partial charge in [0.25, 0.3) is 0 Å². The molecule has 0 saturated heterocycles. The van der Waals surface area contributed by atoms with Gasteiger partial charge in [-0.15, -0.1) is 0 Å². The predicted molar refractivity (Wildman–Crippen MR) is 125 cm³/mol. The van der Waals surface area contributed by atoms with Crippen molar-refractivity contribution in [2.45, 2.75) is 126 Å². The van der Waals surface area contributed by atoms with Crippen LogP contribution in [-0.2, 0) is 0 Å². The number of rotatable bonds is 1. The van der Waals surface area contributed by atoms with Crippen LogP contribution in [0.2, 0.25) is 0 Å². The van der Waals surface area contributed by atoms with Crippen LogP contribution in [0.5, 0.6) is 0 Å². The molecule has 9 atom stereocenters. The third-order valence-corrected chi connectivity index (χ3v) is 13.4. The first-order valence-corrected chi connectivity index (χ1v) is 13.5. The van der Waals surface area contributed by atoms with Gasteiger partial charge in [0.1, 0.15) is 0 Å². The maximum Gasteiger partial charge on any atom is -0.0235 e. The molecule has 3 unspecified atom stereocenters. The Bertz CT molecular complexity index is 661. The zero-order valence-electron chi connectivity index (χ0n) is 20.9. The van der Waals surface area contributed by atoms with E-state index in [0.29, 0.717) is 27.1 Å². The van der Waals surface area contributed by atoms with Crippen LogP contribution >= 0.6 is 0 Å². The normalized spacial score (nSPS) is 58.7. The van der Waals surface area contributed by atoms with Crippen LogP contribution in [0, 0.1) is 56.7 Å². The monoisotopic (exact) mass is 398 g/mol. The zero-order valence-corrected chi connectivity index (χ0v) is 20.9. The highest BCUT2D eigenvalue weighted by Gasteiger charge is 2.69. The molecule has 0 nitrogen and oxygen atoms in total. The molecule has 0 aliphatic heterocycles. The van der Waals surface area contributed by atoms with Crippen LogP contribution in [0.3, 0.4) is 0 Å². The SMILES string of the molecule is CC[C@H]1CC[C@]2(C)C3CCC4[C@@]5(C)CCCC(C)(C)C5CC[C@@]4(C)[C@]3(C)CC[C@@H]12. The Morgan fingerprint density at radius 2 is 1.21 bits per heavy atom. The van der Waals surface area contributed by atoms with Gasteiger partial charge in [-0.05, 0) is 121 Å². The summed E-state index contributed by atoms with van der Waals surface area (Å²) in [5.41, 5.74) is 2.97. The fourth-order valence-corrected chi connectivity index (χ4v) is 11.9. The number of fused-ring (bicyclic) bond motifs is 7. The minimum absolute atomic E-state index is 0.565. The van der Waals surface area contributed by atoms with Crippen molar-refractivity contribution >= 4 is 0 Å². The van der Waals surface area contributed by atoms with Crippen molar-refractivity contribution in [2.24, 2.45) is 56.7 Å². The average Bonchev–Trinajstić information content (AvgIpc) is 2.98. The van der Waals surface area contributed by atoms with Crippen molar-refractivity contribution in [3.63, 3.8) is 0 Å². The third kappa shape index (κ3) is 2.44. The Labute approximate surface area is 182 Å². The summed E-state index contributed by atoms with van der Waals surface area (Å²) in [7, 11) is 0. The van der Waals surface area contributed by atoms with Crippen molar-refractivity contribution in [1.29, 1.82) is 0 Å². The fourth-order valence-electron chi connectivity index (χ4n) is 11.9. The maximum absolute atomic E-state index is 2.81. The van der Waals surface area contributed by atoms with Crippen molar-refractivity contribution < 1.29 is 0 Å². The lowest BCUT2D eigenvalue weighted by Gasteiger charge is -2.73. The quantitative estimate of drug-likeness (QED) is 0.413. The topological polar surface area (TPSA) is 0 Å². The average molecular weight is 399 g/mol. The Hall–Kier alpha value is 0. The van der Waals surface area contributed by atoms with Crippen molar-refractivity contribution in [2.75, 3.05) is 0 Å². The fraction of sp³-hybridized carbons (Fsp3) is 1.00. The van der Waals surface area contributed by atoms with E-state index in [2.05, 4.69) is 48.5 Å². The van der Waals surface area contributed by atoms with Crippen molar-refractivity contribution in [3.8, 4) is 0 Å². The van der Waals surface area contributed by atoms with E-state index < -0.39 is 0 Å². The van der Waals surface area contributed by atoms with Crippen molar-refractivity contribution in [1.82, 2.24) is 0 Å². The molecule has 0 spiro atoms. The molecule has 166 valence electrons. The molecule has 0 heteroatoms. The highest BCUT2D eigenvalue weighted by molar-refractivity contribution is 5.18. The van der Waals surface area contributed by atoms with Crippen LogP contribution in [-0.4, -0.2) is 0 Å². The smallest absolute Gasteiger partial charge is 0.0235 e. The van der Waals surface area contributed by atoms with E-state index in [4.69, 9.17) is 0 Å². The van der Waals surface area contributed by atoms with Crippen LogP contribution in [0.1, 0.15) is 126 Å². The Balaban J connectivity index is 1.53. The van der Waals surface area contributed by atoms with Crippen LogP contribution in [0.15, 0.2) is 0 Å². The molecule has 0 N–H and O–H groups in total. The molecule has 0 amide bonds. The summed E-state index contributed by atoms with van der Waals surface area (Å²) in [5.74, 6) is 4.99. The van der Waals surface area contributed by atoms with E-state index in [1.165, 1.54) is 64.2 Å². The predicted octanol–water partition coefficient (Wildman–Crippen LogP) is 8.89. The molecule has 5 fully saturated rings. The first-order chi connectivity index (χ1) is 13.5. The van der Waals surface area contributed by atoms with Gasteiger partial charge in [0.05, 0.1) is 0 Å². The summed E-state index contributed by atoms with van der Waals surface area (Å²) >= 11 is 0. The second-order valence-corrected chi connectivity index (χ2v) is 14.3. The first-order valence-electron chi connectivity index (χ1n) is 13.5. The maximum atomic E-state index is 2.81. The first kappa shape index (κ1) is 20.9. The summed E-state index contributed by atoms with van der Waals surface area (Å²) in [6.07, 6.45) is 18.1. The molecule has 0 heterocycles. The van der Waals surface area contributed by atoms with Gasteiger partial charge in [0.15, 0.2) is 0 Å². The standard InChI is InChI=1S/C29H50/c1-8-20-12-17-26(4)21(20)13-18-28(6)23(26)10-11-24-27(5)16-9-15-25(2,3)22(27)14-19-29(24,28)7/h20-24H,8-19H2,1-7H3/t20-,21-,22?,23?,24?,26-,27-,28+,29+/m0/s1. The van der Waals surface area contributed by atoms with Gasteiger partial charge in [-0.1, -0.05) is 61.3 Å².